The number of unbranched alkanes of at least 4 members (excludes halogenated alkanes) is 1. The molecule has 0 saturated carbocycles. The van der Waals surface area contributed by atoms with Gasteiger partial charge >= 0.3 is 0 Å². The first-order valence-electron chi connectivity index (χ1n) is 9.29. The Balaban J connectivity index is 1.70. The Morgan fingerprint density at radius 1 is 1.32 bits per heavy atom. The predicted octanol–water partition coefficient (Wildman–Crippen LogP) is 2.17. The van der Waals surface area contributed by atoms with Crippen molar-refractivity contribution in [3.63, 3.8) is 0 Å². The van der Waals surface area contributed by atoms with E-state index < -0.39 is 0 Å². The molecule has 0 radical (unpaired) electrons. The van der Waals surface area contributed by atoms with Crippen LogP contribution in [-0.4, -0.2) is 54.8 Å². The zero-order valence-corrected chi connectivity index (χ0v) is 15.7. The van der Waals surface area contributed by atoms with Crippen molar-refractivity contribution in [3.05, 3.63) is 23.7 Å². The summed E-state index contributed by atoms with van der Waals surface area (Å²) in [6, 6.07) is 3.81. The molecule has 1 fully saturated rings. The summed E-state index contributed by atoms with van der Waals surface area (Å²) in [5.74, 6) is 2.00. The largest absolute Gasteiger partial charge is 0.464 e. The van der Waals surface area contributed by atoms with Gasteiger partial charge in [0, 0.05) is 19.5 Å². The van der Waals surface area contributed by atoms with E-state index in [9.17, 15) is 9.59 Å². The fraction of sp³-hybridized carbons (Fsp3) is 0.684. The van der Waals surface area contributed by atoms with Gasteiger partial charge in [0.15, 0.2) is 0 Å². The number of aryl methyl sites for hydroxylation is 1. The van der Waals surface area contributed by atoms with Crippen LogP contribution >= 0.6 is 0 Å². The third-order valence-corrected chi connectivity index (χ3v) is 4.76. The summed E-state index contributed by atoms with van der Waals surface area (Å²) < 4.78 is 5.52. The van der Waals surface area contributed by atoms with E-state index in [1.165, 1.54) is 0 Å². The first-order chi connectivity index (χ1) is 12.0. The second-order valence-corrected chi connectivity index (χ2v) is 6.96. The number of amides is 2. The van der Waals surface area contributed by atoms with Crippen molar-refractivity contribution in [2.24, 2.45) is 5.92 Å². The number of rotatable bonds is 8. The molecule has 0 unspecified atom stereocenters. The summed E-state index contributed by atoms with van der Waals surface area (Å²) in [6.07, 6.45) is 3.77. The fourth-order valence-electron chi connectivity index (χ4n) is 3.09. The van der Waals surface area contributed by atoms with Gasteiger partial charge in [0.05, 0.1) is 13.1 Å². The molecule has 25 heavy (non-hydrogen) atoms. The lowest BCUT2D eigenvalue weighted by atomic mass is 9.96. The molecule has 6 nitrogen and oxygen atoms in total. The smallest absolute Gasteiger partial charge is 0.236 e. The van der Waals surface area contributed by atoms with E-state index in [4.69, 9.17) is 4.42 Å². The van der Waals surface area contributed by atoms with E-state index in [-0.39, 0.29) is 17.7 Å². The number of likely N-dealkylation sites (N-methyl/N-ethyl adjacent to an activating group) is 1. The van der Waals surface area contributed by atoms with Crippen molar-refractivity contribution < 1.29 is 14.0 Å². The van der Waals surface area contributed by atoms with E-state index in [0.29, 0.717) is 13.1 Å². The molecule has 2 amide bonds. The zero-order valence-electron chi connectivity index (χ0n) is 15.7. The van der Waals surface area contributed by atoms with Gasteiger partial charge in [-0.2, -0.15) is 0 Å². The van der Waals surface area contributed by atoms with Crippen molar-refractivity contribution >= 4 is 11.8 Å². The average Bonchev–Trinajstić information content (AvgIpc) is 3.00. The number of carbonyl (C=O) groups excluding carboxylic acids is 2. The van der Waals surface area contributed by atoms with Crippen LogP contribution in [0.1, 0.15) is 44.1 Å². The van der Waals surface area contributed by atoms with Crippen molar-refractivity contribution in [2.75, 3.05) is 33.2 Å². The third-order valence-electron chi connectivity index (χ3n) is 4.76. The second kappa shape index (κ2) is 9.61. The number of carbonyl (C=O) groups is 2. The zero-order chi connectivity index (χ0) is 18.2. The van der Waals surface area contributed by atoms with Crippen LogP contribution in [0.25, 0.3) is 0 Å². The maximum Gasteiger partial charge on any atom is 0.236 e. The molecular weight excluding hydrogens is 318 g/mol. The highest BCUT2D eigenvalue weighted by atomic mass is 16.3. The van der Waals surface area contributed by atoms with E-state index in [1.807, 2.05) is 19.1 Å². The number of nitrogens with zero attached hydrogens (tertiary/aromatic N) is 2. The molecule has 0 aliphatic carbocycles. The van der Waals surface area contributed by atoms with Crippen LogP contribution in [0.5, 0.6) is 0 Å². The van der Waals surface area contributed by atoms with Crippen LogP contribution in [-0.2, 0) is 16.1 Å². The molecule has 6 heteroatoms. The molecule has 2 heterocycles. The Hall–Kier alpha value is -1.82. The van der Waals surface area contributed by atoms with Gasteiger partial charge in [0.25, 0.3) is 0 Å². The quantitative estimate of drug-likeness (QED) is 0.731. The first kappa shape index (κ1) is 19.5. The normalized spacial score (nSPS) is 16.0. The molecule has 0 spiro atoms. The molecule has 1 aliphatic heterocycles. The van der Waals surface area contributed by atoms with Crippen LogP contribution in [0.4, 0.5) is 0 Å². The summed E-state index contributed by atoms with van der Waals surface area (Å²) in [5, 5.41) is 3.01. The minimum absolute atomic E-state index is 0.0832. The Bertz CT molecular complexity index is 562. The van der Waals surface area contributed by atoms with Gasteiger partial charge < -0.3 is 14.6 Å². The van der Waals surface area contributed by atoms with Gasteiger partial charge in [-0.15, -0.1) is 0 Å². The van der Waals surface area contributed by atoms with Gasteiger partial charge in [0.1, 0.15) is 11.5 Å². The second-order valence-electron chi connectivity index (χ2n) is 6.96. The summed E-state index contributed by atoms with van der Waals surface area (Å²) in [7, 11) is 1.80. The maximum atomic E-state index is 12.4. The van der Waals surface area contributed by atoms with Crippen molar-refractivity contribution in [1.29, 1.82) is 0 Å². The number of hydrogen-bond acceptors (Lipinski definition) is 4. The highest BCUT2D eigenvalue weighted by molar-refractivity contribution is 5.79. The topological polar surface area (TPSA) is 65.8 Å². The fourth-order valence-corrected chi connectivity index (χ4v) is 3.09. The molecule has 1 N–H and O–H groups in total. The summed E-state index contributed by atoms with van der Waals surface area (Å²) in [5.41, 5.74) is 0. The standard InChI is InChI=1S/C19H31N3O3/c1-4-5-10-20-19(24)16-8-11-22(12-9-16)14-18(23)21(3)13-17-7-6-15(2)25-17/h6-7,16H,4-5,8-14H2,1-3H3,(H,20,24). The van der Waals surface area contributed by atoms with Crippen molar-refractivity contribution in [2.45, 2.75) is 46.1 Å². The van der Waals surface area contributed by atoms with Gasteiger partial charge in [-0.3, -0.25) is 14.5 Å². The van der Waals surface area contributed by atoms with E-state index in [0.717, 1.165) is 56.8 Å². The average molecular weight is 349 g/mol. The van der Waals surface area contributed by atoms with Crippen molar-refractivity contribution in [3.8, 4) is 0 Å². The third kappa shape index (κ3) is 6.20. The SMILES string of the molecule is CCCCNC(=O)C1CCN(CC(=O)N(C)Cc2ccc(C)o2)CC1. The lowest BCUT2D eigenvalue weighted by Crippen LogP contribution is -2.44. The van der Waals surface area contributed by atoms with Crippen molar-refractivity contribution in [1.82, 2.24) is 15.1 Å². The molecule has 1 aliphatic rings. The van der Waals surface area contributed by atoms with Gasteiger partial charge in [-0.05, 0) is 51.4 Å². The maximum absolute atomic E-state index is 12.4. The highest BCUT2D eigenvalue weighted by Crippen LogP contribution is 2.17. The molecule has 0 atom stereocenters. The number of nitrogens with one attached hydrogen (secondary N) is 1. The Labute approximate surface area is 150 Å². The number of likely N-dealkylation sites (tertiary alicyclic amines) is 1. The molecule has 0 aromatic carbocycles. The summed E-state index contributed by atoms with van der Waals surface area (Å²) in [6.45, 7) is 7.27. The molecule has 0 bridgehead atoms. The minimum Gasteiger partial charge on any atom is -0.464 e. The summed E-state index contributed by atoms with van der Waals surface area (Å²) in [4.78, 5) is 28.3. The van der Waals surface area contributed by atoms with E-state index in [1.54, 1.807) is 11.9 Å². The van der Waals surface area contributed by atoms with Crippen LogP contribution in [0.2, 0.25) is 0 Å². The van der Waals surface area contributed by atoms with Gasteiger partial charge in [0.2, 0.25) is 11.8 Å². The van der Waals surface area contributed by atoms with Crippen LogP contribution in [0, 0.1) is 12.8 Å². The first-order valence-corrected chi connectivity index (χ1v) is 9.29. The lowest BCUT2D eigenvalue weighted by molar-refractivity contribution is -0.132. The van der Waals surface area contributed by atoms with Crippen LogP contribution in [0.3, 0.4) is 0 Å². The molecule has 2 rings (SSSR count). The molecule has 1 aromatic heterocycles. The Morgan fingerprint density at radius 2 is 2.04 bits per heavy atom. The predicted molar refractivity (Wildman–Crippen MR) is 97.0 cm³/mol. The monoisotopic (exact) mass is 349 g/mol. The van der Waals surface area contributed by atoms with E-state index in [2.05, 4.69) is 17.1 Å². The minimum atomic E-state index is 0.0832. The number of hydrogen-bond donors (Lipinski definition) is 1. The van der Waals surface area contributed by atoms with Gasteiger partial charge in [-0.1, -0.05) is 13.3 Å². The Kier molecular flexibility index (Phi) is 7.50. The van der Waals surface area contributed by atoms with Crippen LogP contribution < -0.4 is 5.32 Å². The summed E-state index contributed by atoms with van der Waals surface area (Å²) >= 11 is 0. The van der Waals surface area contributed by atoms with Crippen LogP contribution in [0.15, 0.2) is 16.5 Å². The number of piperidine rings is 1. The highest BCUT2D eigenvalue weighted by Gasteiger charge is 2.26. The number of furan rings is 1. The van der Waals surface area contributed by atoms with Gasteiger partial charge in [-0.25, -0.2) is 0 Å². The molecular formula is C19H31N3O3. The van der Waals surface area contributed by atoms with E-state index >= 15 is 0 Å². The lowest BCUT2D eigenvalue weighted by Gasteiger charge is -2.31. The molecule has 140 valence electrons. The molecule has 1 saturated heterocycles. The Morgan fingerprint density at radius 3 is 2.64 bits per heavy atom. The molecule has 1 aromatic rings.